The van der Waals surface area contributed by atoms with Crippen LogP contribution in [-0.4, -0.2) is 26.5 Å². The molecule has 0 radical (unpaired) electrons. The lowest BCUT2D eigenvalue weighted by atomic mass is 9.93. The van der Waals surface area contributed by atoms with Crippen molar-refractivity contribution in [2.45, 2.75) is 30.2 Å². The number of fused-ring (bicyclic) bond motifs is 1. The molecule has 0 saturated carbocycles. The molecule has 2 aromatic heterocycles. The smallest absolute Gasteiger partial charge is 0.242 e. The van der Waals surface area contributed by atoms with Gasteiger partial charge in [-0.3, -0.25) is 4.98 Å². The minimum absolute atomic E-state index is 0.185. The van der Waals surface area contributed by atoms with Crippen molar-refractivity contribution in [1.82, 2.24) is 15.0 Å². The van der Waals surface area contributed by atoms with Gasteiger partial charge in [0.2, 0.25) is 10.0 Å². The Kier molecular flexibility index (Phi) is 4.56. The summed E-state index contributed by atoms with van der Waals surface area (Å²) in [5.41, 5.74) is 1.20. The Morgan fingerprint density at radius 2 is 2.23 bits per heavy atom. The van der Waals surface area contributed by atoms with Gasteiger partial charge in [-0.15, -0.1) is 0 Å². The molecule has 3 rings (SSSR count). The molecule has 0 saturated heterocycles. The van der Waals surface area contributed by atoms with Crippen molar-refractivity contribution in [3.63, 3.8) is 0 Å². The molecule has 6 nitrogen and oxygen atoms in total. The van der Waals surface area contributed by atoms with E-state index in [1.54, 1.807) is 18.5 Å². The predicted octanol–water partition coefficient (Wildman–Crippen LogP) is 1.62. The lowest BCUT2D eigenvalue weighted by Gasteiger charge is -2.22. The van der Waals surface area contributed by atoms with E-state index in [2.05, 4.69) is 15.0 Å². The third-order valence-electron chi connectivity index (χ3n) is 3.80. The van der Waals surface area contributed by atoms with Crippen LogP contribution in [0.5, 0.6) is 0 Å². The summed E-state index contributed by atoms with van der Waals surface area (Å²) in [7, 11) is -3.48. The van der Waals surface area contributed by atoms with Crippen LogP contribution in [0, 0.1) is 0 Å². The van der Waals surface area contributed by atoms with E-state index in [1.165, 1.54) is 17.8 Å². The molecule has 118 valence electrons. The van der Waals surface area contributed by atoms with Gasteiger partial charge in [-0.25, -0.2) is 13.1 Å². The van der Waals surface area contributed by atoms with E-state index in [1.807, 2.05) is 6.07 Å². The molecule has 0 aliphatic heterocycles. The van der Waals surface area contributed by atoms with Crippen LogP contribution in [0.3, 0.4) is 0 Å². The van der Waals surface area contributed by atoms with Crippen molar-refractivity contribution in [2.24, 2.45) is 0 Å². The third-order valence-corrected chi connectivity index (χ3v) is 5.25. The van der Waals surface area contributed by atoms with Gasteiger partial charge in [0.25, 0.3) is 0 Å². The maximum absolute atomic E-state index is 12.0. The molecule has 1 aliphatic rings. The fourth-order valence-electron chi connectivity index (χ4n) is 2.72. The molecular weight excluding hydrogens is 302 g/mol. The maximum atomic E-state index is 12.0. The summed E-state index contributed by atoms with van der Waals surface area (Å²) in [6, 6.07) is 5.37. The van der Waals surface area contributed by atoms with E-state index in [0.717, 1.165) is 25.0 Å². The Labute approximate surface area is 130 Å². The van der Waals surface area contributed by atoms with Crippen molar-refractivity contribution < 1.29 is 12.8 Å². The quantitative estimate of drug-likeness (QED) is 0.790. The number of aryl methyl sites for hydroxylation is 1. The Balaban J connectivity index is 1.51. The Hall–Kier alpha value is -1.70. The van der Waals surface area contributed by atoms with Gasteiger partial charge in [0.15, 0.2) is 0 Å². The Morgan fingerprint density at radius 1 is 1.32 bits per heavy atom. The molecule has 0 bridgehead atoms. The number of rotatable bonds is 6. The van der Waals surface area contributed by atoms with Crippen molar-refractivity contribution in [2.75, 3.05) is 13.1 Å². The maximum Gasteiger partial charge on any atom is 0.242 e. The summed E-state index contributed by atoms with van der Waals surface area (Å²) < 4.78 is 32.1. The number of nitrogens with one attached hydrogen (secondary N) is 2. The summed E-state index contributed by atoms with van der Waals surface area (Å²) in [6.45, 7) is 0.899. The van der Waals surface area contributed by atoms with Crippen LogP contribution in [0.15, 0.2) is 46.2 Å². The highest BCUT2D eigenvalue weighted by atomic mass is 32.2. The highest BCUT2D eigenvalue weighted by Gasteiger charge is 2.22. The monoisotopic (exact) mass is 321 g/mol. The molecule has 2 aromatic rings. The van der Waals surface area contributed by atoms with Crippen molar-refractivity contribution in [3.8, 4) is 0 Å². The average molecular weight is 321 g/mol. The molecule has 0 spiro atoms. The van der Waals surface area contributed by atoms with E-state index in [0.29, 0.717) is 13.1 Å². The van der Waals surface area contributed by atoms with Crippen LogP contribution in [0.2, 0.25) is 0 Å². The van der Waals surface area contributed by atoms with Gasteiger partial charge in [0.05, 0.1) is 6.26 Å². The van der Waals surface area contributed by atoms with Crippen LogP contribution >= 0.6 is 0 Å². The first-order valence-electron chi connectivity index (χ1n) is 7.36. The number of hydrogen-bond acceptors (Lipinski definition) is 5. The molecule has 2 N–H and O–H groups in total. The normalized spacial score (nSPS) is 18.1. The highest BCUT2D eigenvalue weighted by Crippen LogP contribution is 2.30. The molecule has 1 unspecified atom stereocenters. The molecule has 7 heteroatoms. The third kappa shape index (κ3) is 3.37. The van der Waals surface area contributed by atoms with E-state index in [-0.39, 0.29) is 10.9 Å². The second-order valence-electron chi connectivity index (χ2n) is 5.28. The van der Waals surface area contributed by atoms with E-state index < -0.39 is 10.0 Å². The Morgan fingerprint density at radius 3 is 3.05 bits per heavy atom. The summed E-state index contributed by atoms with van der Waals surface area (Å²) in [4.78, 5) is 4.01. The highest BCUT2D eigenvalue weighted by molar-refractivity contribution is 7.89. The van der Waals surface area contributed by atoms with Gasteiger partial charge in [-0.1, -0.05) is 0 Å². The SMILES string of the molecule is O=S(=O)(NCCNC1CCCc2occc21)c1cccnc1. The first kappa shape index (κ1) is 15.2. The zero-order chi connectivity index (χ0) is 15.4. The van der Waals surface area contributed by atoms with Gasteiger partial charge in [-0.2, -0.15) is 0 Å². The van der Waals surface area contributed by atoms with Gasteiger partial charge in [0.1, 0.15) is 10.7 Å². The molecule has 22 heavy (non-hydrogen) atoms. The predicted molar refractivity (Wildman–Crippen MR) is 81.8 cm³/mol. The van der Waals surface area contributed by atoms with Gasteiger partial charge in [-0.05, 0) is 31.0 Å². The van der Waals surface area contributed by atoms with Crippen molar-refractivity contribution in [1.29, 1.82) is 0 Å². The first-order valence-corrected chi connectivity index (χ1v) is 8.84. The number of sulfonamides is 1. The second kappa shape index (κ2) is 6.60. The topological polar surface area (TPSA) is 84.2 Å². The minimum atomic E-state index is -3.48. The average Bonchev–Trinajstić information content (AvgIpc) is 3.02. The first-order chi connectivity index (χ1) is 10.7. The van der Waals surface area contributed by atoms with Crippen LogP contribution < -0.4 is 10.0 Å². The minimum Gasteiger partial charge on any atom is -0.469 e. The largest absolute Gasteiger partial charge is 0.469 e. The molecular formula is C15H19N3O3S. The molecule has 0 fully saturated rings. The fraction of sp³-hybridized carbons (Fsp3) is 0.400. The second-order valence-corrected chi connectivity index (χ2v) is 7.05. The zero-order valence-electron chi connectivity index (χ0n) is 12.2. The Bertz CT molecular complexity index is 713. The lowest BCUT2D eigenvalue weighted by Crippen LogP contribution is -2.34. The fourth-order valence-corrected chi connectivity index (χ4v) is 3.71. The molecule has 2 heterocycles. The number of nitrogens with zero attached hydrogens (tertiary/aromatic N) is 1. The lowest BCUT2D eigenvalue weighted by molar-refractivity contribution is 0.413. The summed E-state index contributed by atoms with van der Waals surface area (Å²) in [6.07, 6.45) is 7.71. The number of hydrogen-bond donors (Lipinski definition) is 2. The molecule has 0 aromatic carbocycles. The molecule has 1 aliphatic carbocycles. The van der Waals surface area contributed by atoms with Crippen LogP contribution in [0.1, 0.15) is 30.2 Å². The van der Waals surface area contributed by atoms with Gasteiger partial charge in [0, 0.05) is 43.5 Å². The number of aromatic nitrogens is 1. The zero-order valence-corrected chi connectivity index (χ0v) is 13.0. The standard InChI is InChI=1S/C15H19N3O3S/c19-22(20,12-3-2-7-16-11-12)18-9-8-17-14-4-1-5-15-13(14)6-10-21-15/h2-3,6-7,10-11,14,17-18H,1,4-5,8-9H2. The summed E-state index contributed by atoms with van der Waals surface area (Å²) in [5, 5.41) is 3.39. The number of pyridine rings is 1. The van der Waals surface area contributed by atoms with E-state index in [9.17, 15) is 8.42 Å². The van der Waals surface area contributed by atoms with Crippen LogP contribution in [-0.2, 0) is 16.4 Å². The summed E-state index contributed by atoms with van der Waals surface area (Å²) in [5.74, 6) is 1.04. The van der Waals surface area contributed by atoms with Crippen molar-refractivity contribution in [3.05, 3.63) is 48.2 Å². The van der Waals surface area contributed by atoms with E-state index >= 15 is 0 Å². The molecule has 0 amide bonds. The summed E-state index contributed by atoms with van der Waals surface area (Å²) >= 11 is 0. The van der Waals surface area contributed by atoms with Crippen molar-refractivity contribution >= 4 is 10.0 Å². The molecule has 1 atom stereocenters. The van der Waals surface area contributed by atoms with E-state index in [4.69, 9.17) is 4.42 Å². The van der Waals surface area contributed by atoms with Gasteiger partial charge >= 0.3 is 0 Å². The van der Waals surface area contributed by atoms with Gasteiger partial charge < -0.3 is 9.73 Å². The number of furan rings is 1. The van der Waals surface area contributed by atoms with Crippen LogP contribution in [0.4, 0.5) is 0 Å². The van der Waals surface area contributed by atoms with Crippen LogP contribution in [0.25, 0.3) is 0 Å².